The van der Waals surface area contributed by atoms with E-state index in [1.54, 1.807) is 11.3 Å². The van der Waals surface area contributed by atoms with Crippen molar-refractivity contribution in [3.05, 3.63) is 23.8 Å². The molecule has 2 atom stereocenters. The molecule has 4 rings (SSSR count). The largest absolute Gasteiger partial charge is 0.368 e. The molecule has 3 aliphatic rings. The van der Waals surface area contributed by atoms with E-state index < -0.39 is 0 Å². The SMILES string of the molecule is CC.CCN1CCN2c3c(cccc31)[C@@H]1CN(C)CC[C@@H]12. The third-order valence-corrected chi connectivity index (χ3v) is 5.25. The predicted molar refractivity (Wildman–Crippen MR) is 91.7 cm³/mol. The fraction of sp³-hybridized carbons (Fsp3) is 0.667. The molecular formula is C18H29N3. The Labute approximate surface area is 129 Å². The van der Waals surface area contributed by atoms with E-state index in [2.05, 4.69) is 46.9 Å². The highest BCUT2D eigenvalue weighted by atomic mass is 15.3. The van der Waals surface area contributed by atoms with Crippen LogP contribution in [0.2, 0.25) is 0 Å². The van der Waals surface area contributed by atoms with Crippen molar-refractivity contribution in [2.75, 3.05) is 49.6 Å². The fourth-order valence-electron chi connectivity index (χ4n) is 4.32. The van der Waals surface area contributed by atoms with E-state index in [4.69, 9.17) is 0 Å². The van der Waals surface area contributed by atoms with E-state index in [-0.39, 0.29) is 0 Å². The van der Waals surface area contributed by atoms with Gasteiger partial charge in [0.2, 0.25) is 0 Å². The van der Waals surface area contributed by atoms with Crippen LogP contribution in [0, 0.1) is 0 Å². The van der Waals surface area contributed by atoms with Crippen molar-refractivity contribution < 1.29 is 0 Å². The smallest absolute Gasteiger partial charge is 0.0644 e. The van der Waals surface area contributed by atoms with Crippen LogP contribution in [-0.2, 0) is 0 Å². The Morgan fingerprint density at radius 3 is 2.71 bits per heavy atom. The summed E-state index contributed by atoms with van der Waals surface area (Å²) < 4.78 is 0. The molecule has 1 aromatic rings. The summed E-state index contributed by atoms with van der Waals surface area (Å²) in [5.41, 5.74) is 4.64. The maximum Gasteiger partial charge on any atom is 0.0644 e. The molecule has 1 aromatic carbocycles. The van der Waals surface area contributed by atoms with Crippen molar-refractivity contribution in [3.63, 3.8) is 0 Å². The summed E-state index contributed by atoms with van der Waals surface area (Å²) >= 11 is 0. The molecule has 0 radical (unpaired) electrons. The van der Waals surface area contributed by atoms with E-state index >= 15 is 0 Å². The highest BCUT2D eigenvalue weighted by Gasteiger charge is 2.44. The molecule has 1 saturated heterocycles. The molecule has 3 heteroatoms. The molecule has 1 fully saturated rings. The first kappa shape index (κ1) is 14.7. The van der Waals surface area contributed by atoms with Gasteiger partial charge in [-0.05, 0) is 38.6 Å². The van der Waals surface area contributed by atoms with Crippen LogP contribution in [0.15, 0.2) is 18.2 Å². The van der Waals surface area contributed by atoms with Gasteiger partial charge in [-0.2, -0.15) is 0 Å². The molecule has 0 N–H and O–H groups in total. The number of likely N-dealkylation sites (N-methyl/N-ethyl adjacent to an activating group) is 2. The van der Waals surface area contributed by atoms with Crippen molar-refractivity contribution in [2.24, 2.45) is 0 Å². The van der Waals surface area contributed by atoms with Gasteiger partial charge < -0.3 is 14.7 Å². The molecule has 3 heterocycles. The Morgan fingerprint density at radius 2 is 1.95 bits per heavy atom. The van der Waals surface area contributed by atoms with Crippen LogP contribution in [0.4, 0.5) is 11.4 Å². The van der Waals surface area contributed by atoms with Gasteiger partial charge in [-0.15, -0.1) is 0 Å². The molecule has 0 saturated carbocycles. The summed E-state index contributed by atoms with van der Waals surface area (Å²) in [5.74, 6) is 0.727. The number of benzene rings is 1. The lowest BCUT2D eigenvalue weighted by atomic mass is 9.89. The predicted octanol–water partition coefficient (Wildman–Crippen LogP) is 3.16. The Bertz CT molecular complexity index is 499. The number of para-hydroxylation sites is 1. The van der Waals surface area contributed by atoms with Crippen LogP contribution < -0.4 is 9.80 Å². The van der Waals surface area contributed by atoms with Crippen molar-refractivity contribution in [3.8, 4) is 0 Å². The van der Waals surface area contributed by atoms with Gasteiger partial charge >= 0.3 is 0 Å². The minimum atomic E-state index is 0.727. The maximum atomic E-state index is 2.72. The maximum absolute atomic E-state index is 2.72. The minimum Gasteiger partial charge on any atom is -0.368 e. The van der Waals surface area contributed by atoms with E-state index in [1.807, 2.05) is 13.8 Å². The molecule has 0 aromatic heterocycles. The Balaban J connectivity index is 0.000000636. The monoisotopic (exact) mass is 287 g/mol. The van der Waals surface area contributed by atoms with Crippen LogP contribution in [0.1, 0.15) is 38.7 Å². The van der Waals surface area contributed by atoms with Crippen molar-refractivity contribution in [1.29, 1.82) is 0 Å². The Hall–Kier alpha value is -1.22. The number of hydrogen-bond acceptors (Lipinski definition) is 3. The second kappa shape index (κ2) is 5.88. The van der Waals surface area contributed by atoms with E-state index in [1.165, 1.54) is 38.3 Å². The van der Waals surface area contributed by atoms with Crippen LogP contribution in [0.5, 0.6) is 0 Å². The molecule has 0 unspecified atom stereocenters. The molecule has 116 valence electrons. The number of nitrogens with zero attached hydrogens (tertiary/aromatic N) is 3. The number of anilines is 2. The molecule has 0 spiro atoms. The summed E-state index contributed by atoms with van der Waals surface area (Å²) in [7, 11) is 2.26. The van der Waals surface area contributed by atoms with Crippen molar-refractivity contribution in [1.82, 2.24) is 4.90 Å². The molecule has 21 heavy (non-hydrogen) atoms. The molecule has 3 aliphatic heterocycles. The molecule has 0 amide bonds. The summed E-state index contributed by atoms with van der Waals surface area (Å²) in [6, 6.07) is 7.70. The van der Waals surface area contributed by atoms with Gasteiger partial charge in [-0.25, -0.2) is 0 Å². The third kappa shape index (κ3) is 2.22. The Morgan fingerprint density at radius 1 is 1.14 bits per heavy atom. The first-order valence-electron chi connectivity index (χ1n) is 8.62. The lowest BCUT2D eigenvalue weighted by molar-refractivity contribution is 0.231. The number of piperidine rings is 1. The molecule has 0 bridgehead atoms. The molecule has 3 nitrogen and oxygen atoms in total. The Kier molecular flexibility index (Phi) is 4.12. The van der Waals surface area contributed by atoms with Crippen LogP contribution in [0.3, 0.4) is 0 Å². The van der Waals surface area contributed by atoms with Crippen molar-refractivity contribution in [2.45, 2.75) is 39.2 Å². The topological polar surface area (TPSA) is 9.72 Å². The second-order valence-corrected chi connectivity index (χ2v) is 6.21. The highest BCUT2D eigenvalue weighted by molar-refractivity contribution is 5.81. The zero-order valence-electron chi connectivity index (χ0n) is 14.0. The molecule has 0 aliphatic carbocycles. The number of rotatable bonds is 1. The summed E-state index contributed by atoms with van der Waals surface area (Å²) in [5, 5.41) is 0. The van der Waals surface area contributed by atoms with Gasteiger partial charge in [-0.1, -0.05) is 26.0 Å². The lowest BCUT2D eigenvalue weighted by Gasteiger charge is -2.41. The average molecular weight is 287 g/mol. The standard InChI is InChI=1S/C16H23N3.C2H6/c1-3-18-9-10-19-14-7-8-17(2)11-13(14)12-5-4-6-15(18)16(12)19;1-2/h4-6,13-14H,3,7-11H2,1-2H3;1-2H3/t13-,14-;/m0./s1. The van der Waals surface area contributed by atoms with Crippen LogP contribution in [0.25, 0.3) is 0 Å². The normalized spacial score (nSPS) is 26.9. The van der Waals surface area contributed by atoms with E-state index in [0.29, 0.717) is 0 Å². The van der Waals surface area contributed by atoms with Crippen molar-refractivity contribution >= 4 is 11.4 Å². The van der Waals surface area contributed by atoms with Gasteiger partial charge in [-0.3, -0.25) is 0 Å². The molecular weight excluding hydrogens is 258 g/mol. The summed E-state index contributed by atoms with van der Waals surface area (Å²) in [6.45, 7) is 12.3. The second-order valence-electron chi connectivity index (χ2n) is 6.21. The van der Waals surface area contributed by atoms with E-state index in [0.717, 1.165) is 18.5 Å². The van der Waals surface area contributed by atoms with Gasteiger partial charge in [0.25, 0.3) is 0 Å². The number of likely N-dealkylation sites (tertiary alicyclic amines) is 1. The van der Waals surface area contributed by atoms with Gasteiger partial charge in [0.15, 0.2) is 0 Å². The van der Waals surface area contributed by atoms with Gasteiger partial charge in [0, 0.05) is 38.1 Å². The van der Waals surface area contributed by atoms with Crippen LogP contribution >= 0.6 is 0 Å². The zero-order chi connectivity index (χ0) is 15.0. The quantitative estimate of drug-likeness (QED) is 0.785. The van der Waals surface area contributed by atoms with Gasteiger partial charge in [0.05, 0.1) is 11.4 Å². The van der Waals surface area contributed by atoms with Crippen LogP contribution in [-0.4, -0.2) is 50.7 Å². The van der Waals surface area contributed by atoms with Gasteiger partial charge in [0.1, 0.15) is 0 Å². The zero-order valence-corrected chi connectivity index (χ0v) is 14.0. The number of fused-ring (bicyclic) bond motifs is 3. The highest BCUT2D eigenvalue weighted by Crippen LogP contribution is 2.50. The summed E-state index contributed by atoms with van der Waals surface area (Å²) in [6.07, 6.45) is 1.32. The summed E-state index contributed by atoms with van der Waals surface area (Å²) in [4.78, 5) is 7.75. The third-order valence-electron chi connectivity index (χ3n) is 5.25. The lowest BCUT2D eigenvalue weighted by Crippen LogP contribution is -2.48. The minimum absolute atomic E-state index is 0.727. The first-order valence-corrected chi connectivity index (χ1v) is 8.62. The fourth-order valence-corrected chi connectivity index (χ4v) is 4.32. The average Bonchev–Trinajstić information content (AvgIpc) is 2.85. The number of hydrogen-bond donors (Lipinski definition) is 0. The first-order chi connectivity index (χ1) is 10.3. The van der Waals surface area contributed by atoms with E-state index in [9.17, 15) is 0 Å².